The topological polar surface area (TPSA) is 49.3 Å². The Morgan fingerprint density at radius 3 is 2.62 bits per heavy atom. The number of carbonyl (C=O) groups is 1. The summed E-state index contributed by atoms with van der Waals surface area (Å²) in [6, 6.07) is 10.2. The van der Waals surface area contributed by atoms with Crippen LogP contribution >= 0.6 is 0 Å². The standard InChI is InChI=1S/C16H15F2NO2/c1-10-5-4-7-12(15(10)18)16(21)19-9-14(20)11-6-2-3-8-13(11)17/h2-8,14,20H,9H2,1H3,(H,19,21). The first-order valence-corrected chi connectivity index (χ1v) is 6.46. The van der Waals surface area contributed by atoms with E-state index in [1.807, 2.05) is 0 Å². The van der Waals surface area contributed by atoms with Gasteiger partial charge in [-0.05, 0) is 24.6 Å². The molecule has 110 valence electrons. The van der Waals surface area contributed by atoms with Gasteiger partial charge in [-0.25, -0.2) is 8.78 Å². The van der Waals surface area contributed by atoms with Gasteiger partial charge in [0.05, 0.1) is 11.7 Å². The third-order valence-corrected chi connectivity index (χ3v) is 3.16. The summed E-state index contributed by atoms with van der Waals surface area (Å²) in [5.74, 6) is -1.80. The predicted octanol–water partition coefficient (Wildman–Crippen LogP) is 2.74. The van der Waals surface area contributed by atoms with Crippen LogP contribution in [0.1, 0.15) is 27.6 Å². The molecular formula is C16H15F2NO2. The average molecular weight is 291 g/mol. The SMILES string of the molecule is Cc1cccc(C(=O)NCC(O)c2ccccc2F)c1F. The van der Waals surface area contributed by atoms with Gasteiger partial charge in [-0.2, -0.15) is 0 Å². The Kier molecular flexibility index (Phi) is 4.65. The first-order valence-electron chi connectivity index (χ1n) is 6.46. The fraction of sp³-hybridized carbons (Fsp3) is 0.188. The Labute approximate surface area is 121 Å². The van der Waals surface area contributed by atoms with Gasteiger partial charge in [0.1, 0.15) is 11.6 Å². The first-order chi connectivity index (χ1) is 10.0. The molecule has 0 saturated carbocycles. The van der Waals surface area contributed by atoms with Gasteiger partial charge in [0.15, 0.2) is 0 Å². The highest BCUT2D eigenvalue weighted by Crippen LogP contribution is 2.16. The summed E-state index contributed by atoms with van der Waals surface area (Å²) >= 11 is 0. The number of aliphatic hydroxyl groups is 1. The lowest BCUT2D eigenvalue weighted by Gasteiger charge is -2.13. The lowest BCUT2D eigenvalue weighted by atomic mass is 10.1. The number of benzene rings is 2. The van der Waals surface area contributed by atoms with E-state index in [9.17, 15) is 18.7 Å². The molecule has 0 aliphatic heterocycles. The molecule has 2 aromatic carbocycles. The summed E-state index contributed by atoms with van der Waals surface area (Å²) in [5.41, 5.74) is 0.343. The second-order valence-electron chi connectivity index (χ2n) is 4.68. The van der Waals surface area contributed by atoms with Crippen LogP contribution in [0.4, 0.5) is 8.78 Å². The molecule has 1 amide bonds. The largest absolute Gasteiger partial charge is 0.386 e. The van der Waals surface area contributed by atoms with E-state index in [2.05, 4.69) is 5.32 Å². The van der Waals surface area contributed by atoms with Crippen molar-refractivity contribution in [3.8, 4) is 0 Å². The number of carbonyl (C=O) groups excluding carboxylic acids is 1. The molecule has 2 N–H and O–H groups in total. The quantitative estimate of drug-likeness (QED) is 0.910. The van der Waals surface area contributed by atoms with E-state index in [0.29, 0.717) is 5.56 Å². The fourth-order valence-electron chi connectivity index (χ4n) is 1.96. The second-order valence-corrected chi connectivity index (χ2v) is 4.68. The highest BCUT2D eigenvalue weighted by molar-refractivity contribution is 5.94. The maximum Gasteiger partial charge on any atom is 0.254 e. The molecule has 0 aliphatic carbocycles. The van der Waals surface area contributed by atoms with Gasteiger partial charge >= 0.3 is 0 Å². The Bertz CT molecular complexity index is 658. The highest BCUT2D eigenvalue weighted by atomic mass is 19.1. The van der Waals surface area contributed by atoms with Gasteiger partial charge in [0, 0.05) is 12.1 Å². The third-order valence-electron chi connectivity index (χ3n) is 3.16. The van der Waals surface area contributed by atoms with Gasteiger partial charge in [-0.3, -0.25) is 4.79 Å². The van der Waals surface area contributed by atoms with Crippen LogP contribution in [0.15, 0.2) is 42.5 Å². The van der Waals surface area contributed by atoms with E-state index in [0.717, 1.165) is 0 Å². The van der Waals surface area contributed by atoms with Crippen molar-refractivity contribution in [2.75, 3.05) is 6.54 Å². The molecule has 2 aromatic rings. The molecule has 21 heavy (non-hydrogen) atoms. The normalized spacial score (nSPS) is 12.0. The van der Waals surface area contributed by atoms with Crippen LogP contribution in [-0.4, -0.2) is 17.6 Å². The molecule has 0 radical (unpaired) electrons. The minimum absolute atomic E-state index is 0.0857. The number of hydrogen-bond donors (Lipinski definition) is 2. The number of halogens is 2. The Hall–Kier alpha value is -2.27. The van der Waals surface area contributed by atoms with Crippen LogP contribution in [0.2, 0.25) is 0 Å². The maximum atomic E-state index is 13.8. The van der Waals surface area contributed by atoms with E-state index >= 15 is 0 Å². The van der Waals surface area contributed by atoms with Crippen LogP contribution in [0.3, 0.4) is 0 Å². The van der Waals surface area contributed by atoms with Gasteiger partial charge in [-0.1, -0.05) is 30.3 Å². The molecule has 0 fully saturated rings. The van der Waals surface area contributed by atoms with Crippen molar-refractivity contribution in [3.63, 3.8) is 0 Å². The molecule has 1 atom stereocenters. The monoisotopic (exact) mass is 291 g/mol. The summed E-state index contributed by atoms with van der Waals surface area (Å²) in [5, 5.41) is 12.3. The zero-order valence-electron chi connectivity index (χ0n) is 11.4. The Morgan fingerprint density at radius 2 is 1.90 bits per heavy atom. The number of aliphatic hydroxyl groups excluding tert-OH is 1. The molecule has 2 rings (SSSR count). The third kappa shape index (κ3) is 3.44. The molecule has 0 aromatic heterocycles. The molecule has 0 aliphatic rings. The van der Waals surface area contributed by atoms with Gasteiger partial charge in [-0.15, -0.1) is 0 Å². The predicted molar refractivity (Wildman–Crippen MR) is 74.8 cm³/mol. The van der Waals surface area contributed by atoms with E-state index < -0.39 is 23.6 Å². The van der Waals surface area contributed by atoms with Gasteiger partial charge in [0.2, 0.25) is 0 Å². The fourth-order valence-corrected chi connectivity index (χ4v) is 1.96. The van der Waals surface area contributed by atoms with Crippen LogP contribution in [0.25, 0.3) is 0 Å². The van der Waals surface area contributed by atoms with Crippen LogP contribution in [-0.2, 0) is 0 Å². The summed E-state index contributed by atoms with van der Waals surface area (Å²) in [6.45, 7) is 1.35. The van der Waals surface area contributed by atoms with E-state index in [4.69, 9.17) is 0 Å². The Morgan fingerprint density at radius 1 is 1.19 bits per heavy atom. The van der Waals surface area contributed by atoms with Crippen molar-refractivity contribution >= 4 is 5.91 Å². The van der Waals surface area contributed by atoms with Crippen LogP contribution in [0.5, 0.6) is 0 Å². The molecule has 0 heterocycles. The second kappa shape index (κ2) is 6.45. The van der Waals surface area contributed by atoms with Crippen molar-refractivity contribution in [1.82, 2.24) is 5.32 Å². The summed E-state index contributed by atoms with van der Waals surface area (Å²) < 4.78 is 27.3. The molecule has 1 unspecified atom stereocenters. The van der Waals surface area contributed by atoms with Crippen molar-refractivity contribution < 1.29 is 18.7 Å². The van der Waals surface area contributed by atoms with E-state index in [1.54, 1.807) is 25.1 Å². The average Bonchev–Trinajstić information content (AvgIpc) is 2.47. The molecule has 0 bridgehead atoms. The summed E-state index contributed by atoms with van der Waals surface area (Å²) in [4.78, 5) is 11.9. The Balaban J connectivity index is 2.04. The van der Waals surface area contributed by atoms with Gasteiger partial charge < -0.3 is 10.4 Å². The van der Waals surface area contributed by atoms with Crippen LogP contribution < -0.4 is 5.32 Å². The van der Waals surface area contributed by atoms with Crippen molar-refractivity contribution in [2.45, 2.75) is 13.0 Å². The molecule has 0 spiro atoms. The van der Waals surface area contributed by atoms with E-state index in [-0.39, 0.29) is 17.7 Å². The zero-order chi connectivity index (χ0) is 15.4. The lowest BCUT2D eigenvalue weighted by molar-refractivity contribution is 0.0910. The maximum absolute atomic E-state index is 13.8. The number of aryl methyl sites for hydroxylation is 1. The van der Waals surface area contributed by atoms with Crippen molar-refractivity contribution in [1.29, 1.82) is 0 Å². The smallest absolute Gasteiger partial charge is 0.254 e. The summed E-state index contributed by atoms with van der Waals surface area (Å²) in [7, 11) is 0. The number of nitrogens with one attached hydrogen (secondary N) is 1. The highest BCUT2D eigenvalue weighted by Gasteiger charge is 2.16. The van der Waals surface area contributed by atoms with E-state index in [1.165, 1.54) is 24.3 Å². The summed E-state index contributed by atoms with van der Waals surface area (Å²) in [6.07, 6.45) is -1.19. The van der Waals surface area contributed by atoms with Crippen LogP contribution in [0, 0.1) is 18.6 Å². The minimum Gasteiger partial charge on any atom is -0.386 e. The minimum atomic E-state index is -1.19. The zero-order valence-corrected chi connectivity index (χ0v) is 11.4. The van der Waals surface area contributed by atoms with Crippen molar-refractivity contribution in [2.24, 2.45) is 0 Å². The van der Waals surface area contributed by atoms with Gasteiger partial charge in [0.25, 0.3) is 5.91 Å². The first kappa shape index (κ1) is 15.1. The molecule has 3 nitrogen and oxygen atoms in total. The lowest BCUT2D eigenvalue weighted by Crippen LogP contribution is -2.29. The number of rotatable bonds is 4. The number of hydrogen-bond acceptors (Lipinski definition) is 2. The number of amides is 1. The molecular weight excluding hydrogens is 276 g/mol. The molecule has 0 saturated heterocycles. The van der Waals surface area contributed by atoms with Crippen molar-refractivity contribution in [3.05, 3.63) is 70.8 Å². The molecule has 5 heteroatoms.